The van der Waals surface area contributed by atoms with Crippen molar-refractivity contribution in [1.82, 2.24) is 25.4 Å². The maximum absolute atomic E-state index is 12.3. The molecule has 0 amide bonds. The predicted octanol–water partition coefficient (Wildman–Crippen LogP) is 1.75. The van der Waals surface area contributed by atoms with E-state index in [1.807, 2.05) is 7.05 Å². The van der Waals surface area contributed by atoms with E-state index in [4.69, 9.17) is 0 Å². The number of hydrogen-bond acceptors (Lipinski definition) is 5. The second kappa shape index (κ2) is 9.34. The van der Waals surface area contributed by atoms with Gasteiger partial charge in [-0.1, -0.05) is 0 Å². The Labute approximate surface area is 162 Å². The number of nitrogens with zero attached hydrogens (tertiary/aromatic N) is 5. The fourth-order valence-corrected chi connectivity index (χ4v) is 3.20. The third kappa shape index (κ3) is 5.30. The number of rotatable bonds is 6. The number of hydrogen-bond donors (Lipinski definition) is 2. The van der Waals surface area contributed by atoms with E-state index in [0.29, 0.717) is 12.5 Å². The third-order valence-corrected chi connectivity index (χ3v) is 4.63. The molecule has 0 spiro atoms. The van der Waals surface area contributed by atoms with Crippen molar-refractivity contribution in [2.24, 2.45) is 12.0 Å². The first-order valence-electron chi connectivity index (χ1n) is 9.15. The molecule has 0 saturated carbocycles. The largest absolute Gasteiger partial charge is 0.435 e. The maximum atomic E-state index is 12.3. The van der Waals surface area contributed by atoms with E-state index < -0.39 is 6.61 Å². The minimum Gasteiger partial charge on any atom is -0.435 e. The Morgan fingerprint density at radius 3 is 2.79 bits per heavy atom. The first kappa shape index (κ1) is 19.8. The molecule has 3 rings (SSSR count). The lowest BCUT2D eigenvalue weighted by Crippen LogP contribution is -2.51. The summed E-state index contributed by atoms with van der Waals surface area (Å²) in [7, 11) is 3.57. The number of piperidine rings is 1. The second-order valence-electron chi connectivity index (χ2n) is 6.53. The summed E-state index contributed by atoms with van der Waals surface area (Å²) in [5, 5.41) is 10.7. The minimum atomic E-state index is -2.81. The van der Waals surface area contributed by atoms with Gasteiger partial charge in [-0.3, -0.25) is 9.67 Å². The number of anilines is 1. The highest BCUT2D eigenvalue weighted by atomic mass is 19.3. The fourth-order valence-electron chi connectivity index (χ4n) is 3.20. The zero-order valence-electron chi connectivity index (χ0n) is 16.0. The lowest BCUT2D eigenvalue weighted by atomic mass is 10.0. The third-order valence-electron chi connectivity index (χ3n) is 4.63. The molecule has 2 aromatic rings. The van der Waals surface area contributed by atoms with Gasteiger partial charge in [-0.05, 0) is 37.1 Å². The molecule has 0 aliphatic carbocycles. The average molecular weight is 393 g/mol. The van der Waals surface area contributed by atoms with E-state index in [1.54, 1.807) is 36.0 Å². The summed E-state index contributed by atoms with van der Waals surface area (Å²) in [6.07, 6.45) is 3.56. The van der Waals surface area contributed by atoms with Gasteiger partial charge in [-0.2, -0.15) is 13.9 Å². The van der Waals surface area contributed by atoms with Crippen LogP contribution >= 0.6 is 0 Å². The van der Waals surface area contributed by atoms with Crippen molar-refractivity contribution in [1.29, 1.82) is 0 Å². The molecule has 1 unspecified atom stereocenters. The van der Waals surface area contributed by atoms with E-state index in [1.165, 1.54) is 6.33 Å². The Bertz CT molecular complexity index is 778. The van der Waals surface area contributed by atoms with Crippen LogP contribution in [0.5, 0.6) is 5.75 Å². The molecule has 28 heavy (non-hydrogen) atoms. The van der Waals surface area contributed by atoms with Crippen LogP contribution in [0.1, 0.15) is 18.7 Å². The van der Waals surface area contributed by atoms with Crippen molar-refractivity contribution in [2.45, 2.75) is 32.0 Å². The van der Waals surface area contributed by atoms with Crippen molar-refractivity contribution in [3.63, 3.8) is 0 Å². The quantitative estimate of drug-likeness (QED) is 0.575. The summed E-state index contributed by atoms with van der Waals surface area (Å²) in [6.45, 7) is -0.578. The molecular weight excluding hydrogens is 368 g/mol. The summed E-state index contributed by atoms with van der Waals surface area (Å²) < 4.78 is 30.7. The van der Waals surface area contributed by atoms with Gasteiger partial charge in [-0.25, -0.2) is 4.98 Å². The molecule has 1 atom stereocenters. The Kier molecular flexibility index (Phi) is 6.62. The molecule has 2 N–H and O–H groups in total. The van der Waals surface area contributed by atoms with Crippen molar-refractivity contribution in [3.8, 4) is 5.75 Å². The van der Waals surface area contributed by atoms with Crippen LogP contribution < -0.4 is 20.3 Å². The molecular formula is C18H25F2N7O. The maximum Gasteiger partial charge on any atom is 0.387 e. The van der Waals surface area contributed by atoms with Crippen LogP contribution in [0.15, 0.2) is 35.6 Å². The van der Waals surface area contributed by atoms with Gasteiger partial charge < -0.3 is 20.3 Å². The van der Waals surface area contributed by atoms with Gasteiger partial charge >= 0.3 is 6.61 Å². The molecule has 152 valence electrons. The first-order valence-corrected chi connectivity index (χ1v) is 9.15. The van der Waals surface area contributed by atoms with E-state index >= 15 is 0 Å². The molecule has 1 fully saturated rings. The Morgan fingerprint density at radius 2 is 2.14 bits per heavy atom. The number of aryl methyl sites for hydroxylation is 1. The van der Waals surface area contributed by atoms with Crippen molar-refractivity contribution < 1.29 is 13.5 Å². The molecule has 8 nitrogen and oxygen atoms in total. The fraction of sp³-hybridized carbons (Fsp3) is 0.500. The van der Waals surface area contributed by atoms with Crippen molar-refractivity contribution in [3.05, 3.63) is 36.4 Å². The summed E-state index contributed by atoms with van der Waals surface area (Å²) in [5.74, 6) is 1.69. The molecule has 2 heterocycles. The van der Waals surface area contributed by atoms with Gasteiger partial charge in [0.1, 0.15) is 17.9 Å². The monoisotopic (exact) mass is 393 g/mol. The lowest BCUT2D eigenvalue weighted by molar-refractivity contribution is -0.0498. The van der Waals surface area contributed by atoms with Gasteiger partial charge in [0, 0.05) is 38.9 Å². The molecule has 0 bridgehead atoms. The van der Waals surface area contributed by atoms with Crippen molar-refractivity contribution >= 4 is 11.6 Å². The number of aromatic nitrogens is 3. The highest BCUT2D eigenvalue weighted by Crippen LogP contribution is 2.23. The number of nitrogens with one attached hydrogen (secondary N) is 2. The van der Waals surface area contributed by atoms with Gasteiger partial charge in [0.05, 0.1) is 6.54 Å². The van der Waals surface area contributed by atoms with Crippen LogP contribution in [0.4, 0.5) is 14.5 Å². The van der Waals surface area contributed by atoms with Crippen LogP contribution in [-0.2, 0) is 13.6 Å². The molecule has 1 saturated heterocycles. The summed E-state index contributed by atoms with van der Waals surface area (Å²) in [5.41, 5.74) is 0.982. The second-order valence-corrected chi connectivity index (χ2v) is 6.53. The Morgan fingerprint density at radius 1 is 1.36 bits per heavy atom. The zero-order valence-corrected chi connectivity index (χ0v) is 16.0. The molecule has 1 aliphatic heterocycles. The van der Waals surface area contributed by atoms with Crippen LogP contribution in [0.2, 0.25) is 0 Å². The molecule has 0 radical (unpaired) electrons. The van der Waals surface area contributed by atoms with Gasteiger partial charge in [0.15, 0.2) is 5.96 Å². The highest BCUT2D eigenvalue weighted by molar-refractivity contribution is 5.80. The summed E-state index contributed by atoms with van der Waals surface area (Å²) in [4.78, 5) is 10.7. The van der Waals surface area contributed by atoms with E-state index in [2.05, 4.69) is 35.3 Å². The SMILES string of the molecule is CN=C(NCc1ncnn1C)NC1CCCN(c2ccc(OC(F)F)cc2)C1. The molecule has 1 aromatic heterocycles. The number of aliphatic imine (C=N–C) groups is 1. The highest BCUT2D eigenvalue weighted by Gasteiger charge is 2.21. The van der Waals surface area contributed by atoms with E-state index in [-0.39, 0.29) is 11.8 Å². The smallest absolute Gasteiger partial charge is 0.387 e. The standard InChI is InChI=1S/C18H25F2N7O/c1-21-18(22-10-16-23-12-24-26(16)2)25-13-4-3-9-27(11-13)14-5-7-15(8-6-14)28-17(19)20/h5-8,12-13,17H,3-4,9-11H2,1-2H3,(H2,21,22,25). The summed E-state index contributed by atoms with van der Waals surface area (Å²) in [6, 6.07) is 6.97. The zero-order chi connectivity index (χ0) is 19.9. The Balaban J connectivity index is 1.54. The molecule has 1 aromatic carbocycles. The number of halogens is 2. The van der Waals surface area contributed by atoms with Gasteiger partial charge in [-0.15, -0.1) is 0 Å². The minimum absolute atomic E-state index is 0.166. The predicted molar refractivity (Wildman–Crippen MR) is 103 cm³/mol. The van der Waals surface area contributed by atoms with Crippen molar-refractivity contribution in [2.75, 3.05) is 25.0 Å². The van der Waals surface area contributed by atoms with E-state index in [9.17, 15) is 8.78 Å². The molecule has 1 aliphatic rings. The number of alkyl halides is 2. The van der Waals surface area contributed by atoms with Crippen LogP contribution in [0.25, 0.3) is 0 Å². The normalized spacial score (nSPS) is 17.7. The topological polar surface area (TPSA) is 79.6 Å². The average Bonchev–Trinajstić information content (AvgIpc) is 3.10. The number of ether oxygens (including phenoxy) is 1. The molecule has 10 heteroatoms. The first-order chi connectivity index (χ1) is 13.5. The number of guanidine groups is 1. The number of benzene rings is 1. The van der Waals surface area contributed by atoms with Gasteiger partial charge in [0.2, 0.25) is 0 Å². The summed E-state index contributed by atoms with van der Waals surface area (Å²) >= 11 is 0. The lowest BCUT2D eigenvalue weighted by Gasteiger charge is -2.35. The Hall–Kier alpha value is -2.91. The van der Waals surface area contributed by atoms with Crippen LogP contribution in [-0.4, -0.2) is 53.5 Å². The van der Waals surface area contributed by atoms with Gasteiger partial charge in [0.25, 0.3) is 0 Å². The van der Waals surface area contributed by atoms with Crippen LogP contribution in [0.3, 0.4) is 0 Å². The van der Waals surface area contributed by atoms with Crippen LogP contribution in [0, 0.1) is 0 Å². The van der Waals surface area contributed by atoms with E-state index in [0.717, 1.165) is 37.4 Å².